The average Bonchev–Trinajstić information content (AvgIpc) is 2.85. The van der Waals surface area contributed by atoms with Crippen LogP contribution in [0.25, 0.3) is 0 Å². The number of rotatable bonds is 2. The summed E-state index contributed by atoms with van der Waals surface area (Å²) >= 11 is 0. The van der Waals surface area contributed by atoms with Crippen molar-refractivity contribution in [2.75, 3.05) is 39.8 Å². The lowest BCUT2D eigenvalue weighted by molar-refractivity contribution is 0.131. The fourth-order valence-electron chi connectivity index (χ4n) is 3.90. The molecular formula is C14H24N2. The van der Waals surface area contributed by atoms with E-state index in [0.29, 0.717) is 0 Å². The normalized spacial score (nSPS) is 40.8. The molecule has 0 aromatic heterocycles. The fraction of sp³-hybridized carbons (Fsp3) is 0.857. The molecule has 0 spiro atoms. The second kappa shape index (κ2) is 4.15. The molecule has 1 unspecified atom stereocenters. The number of likely N-dealkylation sites (N-methyl/N-ethyl adjacent to an activating group) is 1. The summed E-state index contributed by atoms with van der Waals surface area (Å²) in [6, 6.07) is 0. The Kier molecular flexibility index (Phi) is 2.80. The Balaban J connectivity index is 1.57. The van der Waals surface area contributed by atoms with Crippen LogP contribution >= 0.6 is 0 Å². The van der Waals surface area contributed by atoms with Gasteiger partial charge in [0.05, 0.1) is 0 Å². The number of hydrogen-bond donors (Lipinski definition) is 0. The van der Waals surface area contributed by atoms with Gasteiger partial charge in [0.15, 0.2) is 0 Å². The van der Waals surface area contributed by atoms with Crippen molar-refractivity contribution < 1.29 is 0 Å². The molecule has 16 heavy (non-hydrogen) atoms. The monoisotopic (exact) mass is 220 g/mol. The third-order valence-corrected chi connectivity index (χ3v) is 5.09. The van der Waals surface area contributed by atoms with E-state index in [1.807, 2.05) is 0 Å². The minimum Gasteiger partial charge on any atom is -0.304 e. The standard InChI is InChI=1S/C14H24N2/c1-11-12-3-4-13(9-12)14(11)10-16-7-5-15(2)6-8-16/h12-14H,1,3-10H2,2H3/t12?,13-,14+/m0/s1. The van der Waals surface area contributed by atoms with Crippen molar-refractivity contribution in [3.05, 3.63) is 12.2 Å². The van der Waals surface area contributed by atoms with Crippen LogP contribution < -0.4 is 0 Å². The van der Waals surface area contributed by atoms with Crippen LogP contribution in [0.3, 0.4) is 0 Å². The van der Waals surface area contributed by atoms with Gasteiger partial charge in [0.2, 0.25) is 0 Å². The van der Waals surface area contributed by atoms with Crippen LogP contribution in [0, 0.1) is 17.8 Å². The Morgan fingerprint density at radius 3 is 2.56 bits per heavy atom. The van der Waals surface area contributed by atoms with E-state index in [9.17, 15) is 0 Å². The van der Waals surface area contributed by atoms with Gasteiger partial charge in [-0.2, -0.15) is 0 Å². The minimum atomic E-state index is 0.835. The molecule has 3 fully saturated rings. The van der Waals surface area contributed by atoms with Crippen molar-refractivity contribution in [2.24, 2.45) is 17.8 Å². The Morgan fingerprint density at radius 2 is 1.94 bits per heavy atom. The second-order valence-corrected chi connectivity index (χ2v) is 6.06. The second-order valence-electron chi connectivity index (χ2n) is 6.06. The van der Waals surface area contributed by atoms with E-state index in [1.54, 1.807) is 5.57 Å². The lowest BCUT2D eigenvalue weighted by Gasteiger charge is -2.36. The van der Waals surface area contributed by atoms with Gasteiger partial charge in [-0.25, -0.2) is 0 Å². The Bertz CT molecular complexity index is 278. The predicted octanol–water partition coefficient (Wildman–Crippen LogP) is 1.84. The van der Waals surface area contributed by atoms with Crippen LogP contribution in [0.4, 0.5) is 0 Å². The minimum absolute atomic E-state index is 0.835. The number of nitrogens with zero attached hydrogens (tertiary/aromatic N) is 2. The molecule has 3 rings (SSSR count). The van der Waals surface area contributed by atoms with Crippen LogP contribution in [0.5, 0.6) is 0 Å². The Hall–Kier alpha value is -0.340. The van der Waals surface area contributed by atoms with Crippen LogP contribution in [-0.2, 0) is 0 Å². The van der Waals surface area contributed by atoms with E-state index < -0.39 is 0 Å². The van der Waals surface area contributed by atoms with Gasteiger partial charge in [-0.15, -0.1) is 0 Å². The lowest BCUT2D eigenvalue weighted by Crippen LogP contribution is -2.46. The summed E-state index contributed by atoms with van der Waals surface area (Å²) < 4.78 is 0. The summed E-state index contributed by atoms with van der Waals surface area (Å²) in [5, 5.41) is 0. The molecule has 0 N–H and O–H groups in total. The molecule has 0 aromatic carbocycles. The van der Waals surface area contributed by atoms with Gasteiger partial charge in [-0.1, -0.05) is 12.2 Å². The maximum Gasteiger partial charge on any atom is 0.0110 e. The zero-order valence-corrected chi connectivity index (χ0v) is 10.5. The first-order chi connectivity index (χ1) is 7.74. The molecule has 3 aliphatic rings. The molecule has 90 valence electrons. The highest BCUT2D eigenvalue weighted by atomic mass is 15.2. The Morgan fingerprint density at radius 1 is 1.19 bits per heavy atom. The molecule has 1 heterocycles. The first-order valence-electron chi connectivity index (χ1n) is 6.83. The van der Waals surface area contributed by atoms with Gasteiger partial charge in [0.1, 0.15) is 0 Å². The van der Waals surface area contributed by atoms with Crippen molar-refractivity contribution >= 4 is 0 Å². The number of piperazine rings is 1. The summed E-state index contributed by atoms with van der Waals surface area (Å²) in [6.45, 7) is 10.7. The SMILES string of the molecule is C=C1C2CC[C@@H](C2)[C@@H]1CN1CCN(C)CC1. The molecule has 2 aliphatic carbocycles. The first-order valence-corrected chi connectivity index (χ1v) is 6.83. The van der Waals surface area contributed by atoms with Crippen molar-refractivity contribution in [1.82, 2.24) is 9.80 Å². The van der Waals surface area contributed by atoms with E-state index in [4.69, 9.17) is 0 Å². The zero-order chi connectivity index (χ0) is 11.1. The third-order valence-electron chi connectivity index (χ3n) is 5.09. The molecule has 0 aromatic rings. The smallest absolute Gasteiger partial charge is 0.0110 e. The number of fused-ring (bicyclic) bond motifs is 2. The van der Waals surface area contributed by atoms with E-state index in [1.165, 1.54) is 52.0 Å². The molecule has 2 bridgehead atoms. The van der Waals surface area contributed by atoms with Crippen molar-refractivity contribution in [1.29, 1.82) is 0 Å². The summed E-state index contributed by atoms with van der Waals surface area (Å²) in [5.41, 5.74) is 1.59. The maximum absolute atomic E-state index is 4.36. The van der Waals surface area contributed by atoms with Crippen LogP contribution in [0.2, 0.25) is 0 Å². The highest BCUT2D eigenvalue weighted by molar-refractivity contribution is 5.18. The Labute approximate surface area is 99.3 Å². The molecule has 2 nitrogen and oxygen atoms in total. The largest absolute Gasteiger partial charge is 0.304 e. The summed E-state index contributed by atoms with van der Waals surface area (Å²) in [4.78, 5) is 5.10. The molecule has 0 amide bonds. The molecule has 3 atom stereocenters. The van der Waals surface area contributed by atoms with Gasteiger partial charge < -0.3 is 9.80 Å². The molecule has 2 saturated carbocycles. The average molecular weight is 220 g/mol. The lowest BCUT2D eigenvalue weighted by atomic mass is 9.84. The van der Waals surface area contributed by atoms with E-state index >= 15 is 0 Å². The summed E-state index contributed by atoms with van der Waals surface area (Å²) in [7, 11) is 2.23. The van der Waals surface area contributed by atoms with Gasteiger partial charge in [-0.05, 0) is 44.1 Å². The quantitative estimate of drug-likeness (QED) is 0.655. The van der Waals surface area contributed by atoms with Gasteiger partial charge in [0, 0.05) is 32.7 Å². The molecule has 1 saturated heterocycles. The molecule has 1 aliphatic heterocycles. The predicted molar refractivity (Wildman–Crippen MR) is 67.4 cm³/mol. The van der Waals surface area contributed by atoms with Gasteiger partial charge in [-0.3, -0.25) is 0 Å². The molecular weight excluding hydrogens is 196 g/mol. The summed E-state index contributed by atoms with van der Waals surface area (Å²) in [6.07, 6.45) is 4.36. The van der Waals surface area contributed by atoms with Gasteiger partial charge in [0.25, 0.3) is 0 Å². The van der Waals surface area contributed by atoms with Crippen LogP contribution in [-0.4, -0.2) is 49.6 Å². The van der Waals surface area contributed by atoms with E-state index in [2.05, 4.69) is 23.4 Å². The topological polar surface area (TPSA) is 6.48 Å². The number of hydrogen-bond acceptors (Lipinski definition) is 2. The van der Waals surface area contributed by atoms with Crippen LogP contribution in [0.1, 0.15) is 19.3 Å². The van der Waals surface area contributed by atoms with E-state index in [0.717, 1.165) is 17.8 Å². The molecule has 2 heteroatoms. The maximum atomic E-state index is 4.36. The van der Waals surface area contributed by atoms with Crippen LogP contribution in [0.15, 0.2) is 12.2 Å². The molecule has 0 radical (unpaired) electrons. The highest BCUT2D eigenvalue weighted by Gasteiger charge is 2.42. The zero-order valence-electron chi connectivity index (χ0n) is 10.5. The van der Waals surface area contributed by atoms with Gasteiger partial charge >= 0.3 is 0 Å². The fourth-order valence-corrected chi connectivity index (χ4v) is 3.90. The highest BCUT2D eigenvalue weighted by Crippen LogP contribution is 2.51. The van der Waals surface area contributed by atoms with E-state index in [-0.39, 0.29) is 0 Å². The first kappa shape index (κ1) is 10.8. The van der Waals surface area contributed by atoms with Crippen molar-refractivity contribution in [2.45, 2.75) is 19.3 Å². The van der Waals surface area contributed by atoms with Crippen molar-refractivity contribution in [3.8, 4) is 0 Å². The summed E-state index contributed by atoms with van der Waals surface area (Å²) in [5.74, 6) is 2.71. The van der Waals surface area contributed by atoms with Crippen molar-refractivity contribution in [3.63, 3.8) is 0 Å². The third kappa shape index (κ3) is 1.82.